The van der Waals surface area contributed by atoms with Crippen molar-refractivity contribution in [2.75, 3.05) is 31.6 Å². The molecule has 1 aromatic carbocycles. The highest BCUT2D eigenvalue weighted by molar-refractivity contribution is 7.98. The lowest BCUT2D eigenvalue weighted by Gasteiger charge is -2.45. The van der Waals surface area contributed by atoms with Crippen LogP contribution in [0.25, 0.3) is 0 Å². The normalized spacial score (nSPS) is 29.4. The first-order valence-electron chi connectivity index (χ1n) is 6.69. The molecule has 0 spiro atoms. The number of piperazine rings is 1. The van der Waals surface area contributed by atoms with Crippen molar-refractivity contribution in [1.82, 2.24) is 10.2 Å². The first kappa shape index (κ1) is 13.9. The molecular weight excluding hydrogens is 240 g/mol. The minimum Gasteiger partial charge on any atom is -0.305 e. The molecule has 1 fully saturated rings. The maximum absolute atomic E-state index is 3.72. The molecule has 1 aliphatic rings. The average Bonchev–Trinajstić information content (AvgIpc) is 2.41. The van der Waals surface area contributed by atoms with Gasteiger partial charge in [-0.3, -0.25) is 4.90 Å². The van der Waals surface area contributed by atoms with Gasteiger partial charge in [-0.2, -0.15) is 11.8 Å². The number of hydrogen-bond donors (Lipinski definition) is 1. The summed E-state index contributed by atoms with van der Waals surface area (Å²) in [6.45, 7) is 7.99. The molecule has 0 amide bonds. The molecule has 2 unspecified atom stereocenters. The van der Waals surface area contributed by atoms with Crippen LogP contribution in [0.5, 0.6) is 0 Å². The molecule has 1 heterocycles. The smallest absolute Gasteiger partial charge is 0.0535 e. The van der Waals surface area contributed by atoms with Gasteiger partial charge < -0.3 is 5.32 Å². The predicted octanol–water partition coefficient (Wildman–Crippen LogP) is 2.56. The van der Waals surface area contributed by atoms with Crippen LogP contribution >= 0.6 is 11.8 Å². The van der Waals surface area contributed by atoms with Crippen molar-refractivity contribution in [3.63, 3.8) is 0 Å². The van der Waals surface area contributed by atoms with E-state index in [0.717, 1.165) is 13.1 Å². The molecule has 1 aromatic rings. The average molecular weight is 264 g/mol. The van der Waals surface area contributed by atoms with Crippen molar-refractivity contribution in [2.45, 2.75) is 25.4 Å². The van der Waals surface area contributed by atoms with Crippen LogP contribution in [0.3, 0.4) is 0 Å². The molecule has 0 saturated carbocycles. The molecule has 0 aromatic heterocycles. The molecule has 3 heteroatoms. The lowest BCUT2D eigenvalue weighted by atomic mass is 9.88. The fourth-order valence-corrected chi connectivity index (χ4v) is 3.04. The van der Waals surface area contributed by atoms with Gasteiger partial charge in [0.25, 0.3) is 0 Å². The minimum atomic E-state index is 0.0895. The minimum absolute atomic E-state index is 0.0895. The lowest BCUT2D eigenvalue weighted by Crippen LogP contribution is -2.60. The van der Waals surface area contributed by atoms with E-state index in [0.29, 0.717) is 6.04 Å². The van der Waals surface area contributed by atoms with Gasteiger partial charge in [-0.1, -0.05) is 30.3 Å². The highest BCUT2D eigenvalue weighted by Gasteiger charge is 2.34. The van der Waals surface area contributed by atoms with Gasteiger partial charge in [0.1, 0.15) is 0 Å². The number of hydrogen-bond acceptors (Lipinski definition) is 3. The molecule has 1 saturated heterocycles. The molecule has 18 heavy (non-hydrogen) atoms. The SMILES string of the molecule is CSCCN1CC(C)(c2ccccc2)NCC1C. The molecule has 1 N–H and O–H groups in total. The van der Waals surface area contributed by atoms with Crippen molar-refractivity contribution < 1.29 is 0 Å². The zero-order chi connectivity index (χ0) is 13.0. The zero-order valence-electron chi connectivity index (χ0n) is 11.6. The van der Waals surface area contributed by atoms with E-state index in [1.807, 2.05) is 11.8 Å². The number of nitrogens with zero attached hydrogens (tertiary/aromatic N) is 1. The fourth-order valence-electron chi connectivity index (χ4n) is 2.63. The lowest BCUT2D eigenvalue weighted by molar-refractivity contribution is 0.101. The third-order valence-electron chi connectivity index (χ3n) is 3.92. The van der Waals surface area contributed by atoms with Gasteiger partial charge in [0, 0.05) is 31.4 Å². The van der Waals surface area contributed by atoms with Gasteiger partial charge in [-0.15, -0.1) is 0 Å². The molecule has 100 valence electrons. The van der Waals surface area contributed by atoms with Gasteiger partial charge in [0.2, 0.25) is 0 Å². The number of thioether (sulfide) groups is 1. The monoisotopic (exact) mass is 264 g/mol. The summed E-state index contributed by atoms with van der Waals surface area (Å²) >= 11 is 1.93. The molecule has 2 rings (SSSR count). The molecule has 0 bridgehead atoms. The second kappa shape index (κ2) is 6.09. The van der Waals surface area contributed by atoms with Crippen LogP contribution in [-0.2, 0) is 5.54 Å². The third-order valence-corrected chi connectivity index (χ3v) is 4.51. The van der Waals surface area contributed by atoms with Crippen LogP contribution in [0.1, 0.15) is 19.4 Å². The standard InChI is InChI=1S/C15H24N2S/c1-13-11-16-15(2,12-17(13)9-10-18-3)14-7-5-4-6-8-14/h4-8,13,16H,9-12H2,1-3H3. The van der Waals surface area contributed by atoms with Crippen LogP contribution in [0.15, 0.2) is 30.3 Å². The first-order valence-corrected chi connectivity index (χ1v) is 8.08. The van der Waals surface area contributed by atoms with Gasteiger partial charge in [-0.25, -0.2) is 0 Å². The Morgan fingerprint density at radius 3 is 2.78 bits per heavy atom. The van der Waals surface area contributed by atoms with Crippen molar-refractivity contribution in [3.8, 4) is 0 Å². The first-order chi connectivity index (χ1) is 8.65. The maximum atomic E-state index is 3.72. The second-order valence-corrected chi connectivity index (χ2v) is 6.38. The highest BCUT2D eigenvalue weighted by Crippen LogP contribution is 2.26. The van der Waals surface area contributed by atoms with E-state index in [4.69, 9.17) is 0 Å². The Hall–Kier alpha value is -0.510. The summed E-state index contributed by atoms with van der Waals surface area (Å²) in [5.74, 6) is 1.22. The van der Waals surface area contributed by atoms with E-state index >= 15 is 0 Å². The maximum Gasteiger partial charge on any atom is 0.0535 e. The Kier molecular flexibility index (Phi) is 4.71. The summed E-state index contributed by atoms with van der Waals surface area (Å²) < 4.78 is 0. The highest BCUT2D eigenvalue weighted by atomic mass is 32.2. The van der Waals surface area contributed by atoms with E-state index in [2.05, 4.69) is 60.7 Å². The number of nitrogens with one attached hydrogen (secondary N) is 1. The summed E-state index contributed by atoms with van der Waals surface area (Å²) in [7, 11) is 0. The molecule has 2 nitrogen and oxygen atoms in total. The van der Waals surface area contributed by atoms with E-state index in [1.54, 1.807) is 0 Å². The largest absolute Gasteiger partial charge is 0.305 e. The van der Waals surface area contributed by atoms with Gasteiger partial charge in [0.15, 0.2) is 0 Å². The second-order valence-electron chi connectivity index (χ2n) is 5.39. The van der Waals surface area contributed by atoms with E-state index < -0.39 is 0 Å². The molecule has 0 radical (unpaired) electrons. The van der Waals surface area contributed by atoms with Crippen molar-refractivity contribution in [3.05, 3.63) is 35.9 Å². The van der Waals surface area contributed by atoms with E-state index in [1.165, 1.54) is 17.9 Å². The molecule has 0 aliphatic carbocycles. The van der Waals surface area contributed by atoms with Gasteiger partial charge in [0.05, 0.1) is 5.54 Å². The Morgan fingerprint density at radius 1 is 1.39 bits per heavy atom. The van der Waals surface area contributed by atoms with Crippen LogP contribution in [0, 0.1) is 0 Å². The van der Waals surface area contributed by atoms with Crippen LogP contribution < -0.4 is 5.32 Å². The summed E-state index contributed by atoms with van der Waals surface area (Å²) in [6, 6.07) is 11.4. The quantitative estimate of drug-likeness (QED) is 0.900. The Labute approximate surface area is 115 Å². The number of benzene rings is 1. The summed E-state index contributed by atoms with van der Waals surface area (Å²) in [5, 5.41) is 3.72. The van der Waals surface area contributed by atoms with Crippen molar-refractivity contribution >= 4 is 11.8 Å². The summed E-state index contributed by atoms with van der Waals surface area (Å²) in [5.41, 5.74) is 1.48. The van der Waals surface area contributed by atoms with E-state index in [9.17, 15) is 0 Å². The predicted molar refractivity (Wildman–Crippen MR) is 81.2 cm³/mol. The Balaban J connectivity index is 2.10. The molecule has 1 aliphatic heterocycles. The Morgan fingerprint density at radius 2 is 2.11 bits per heavy atom. The summed E-state index contributed by atoms with van der Waals surface area (Å²) in [6.07, 6.45) is 2.18. The van der Waals surface area contributed by atoms with Crippen LogP contribution in [0.4, 0.5) is 0 Å². The van der Waals surface area contributed by atoms with Crippen molar-refractivity contribution in [1.29, 1.82) is 0 Å². The summed E-state index contributed by atoms with van der Waals surface area (Å²) in [4.78, 5) is 2.61. The number of rotatable bonds is 4. The third kappa shape index (κ3) is 3.08. The zero-order valence-corrected chi connectivity index (χ0v) is 12.5. The van der Waals surface area contributed by atoms with Gasteiger partial charge in [-0.05, 0) is 25.7 Å². The van der Waals surface area contributed by atoms with Crippen LogP contribution in [-0.4, -0.2) is 42.6 Å². The Bertz CT molecular complexity index is 368. The molecule has 2 atom stereocenters. The van der Waals surface area contributed by atoms with E-state index in [-0.39, 0.29) is 5.54 Å². The molecular formula is C15H24N2S. The topological polar surface area (TPSA) is 15.3 Å². The van der Waals surface area contributed by atoms with Gasteiger partial charge >= 0.3 is 0 Å². The van der Waals surface area contributed by atoms with Crippen LogP contribution in [0.2, 0.25) is 0 Å². The van der Waals surface area contributed by atoms with Crippen molar-refractivity contribution in [2.24, 2.45) is 0 Å². The fraction of sp³-hybridized carbons (Fsp3) is 0.600.